The van der Waals surface area contributed by atoms with Crippen LogP contribution in [0.3, 0.4) is 0 Å². The van der Waals surface area contributed by atoms with Gasteiger partial charge in [0.1, 0.15) is 0 Å². The second-order valence-electron chi connectivity index (χ2n) is 6.85. The maximum Gasteiger partial charge on any atom is 0.234 e. The predicted molar refractivity (Wildman–Crippen MR) is 95.9 cm³/mol. The number of fused-ring (bicyclic) bond motifs is 1. The number of likely N-dealkylation sites (N-methyl/N-ethyl adjacent to an activating group) is 1. The molecule has 6 nitrogen and oxygen atoms in total. The summed E-state index contributed by atoms with van der Waals surface area (Å²) in [5.74, 6) is 0.126. The van der Waals surface area contributed by atoms with E-state index in [4.69, 9.17) is 5.11 Å². The first-order valence-corrected chi connectivity index (χ1v) is 8.68. The zero-order valence-electron chi connectivity index (χ0n) is 14.4. The molecule has 0 bridgehead atoms. The van der Waals surface area contributed by atoms with Crippen molar-refractivity contribution in [3.63, 3.8) is 0 Å². The number of rotatable bonds is 7. The molecule has 3 N–H and O–H groups in total. The average Bonchev–Trinajstić information content (AvgIpc) is 2.57. The summed E-state index contributed by atoms with van der Waals surface area (Å²) >= 11 is 0. The lowest BCUT2D eigenvalue weighted by Gasteiger charge is -2.38. The van der Waals surface area contributed by atoms with Crippen LogP contribution >= 0.6 is 0 Å². The Morgan fingerprint density at radius 3 is 2.88 bits per heavy atom. The molecule has 1 amide bonds. The number of amides is 1. The number of carbonyl (C=O) groups excluding carboxylic acids is 1. The molecule has 25 heavy (non-hydrogen) atoms. The number of para-hydroxylation sites is 1. The minimum atomic E-state index is -0.283. The topological polar surface area (TPSA) is 85.7 Å². The van der Waals surface area contributed by atoms with Crippen molar-refractivity contribution in [3.05, 3.63) is 42.1 Å². The molecule has 0 radical (unpaired) electrons. The molecule has 3 rings (SSSR count). The van der Waals surface area contributed by atoms with Gasteiger partial charge in [-0.2, -0.15) is 0 Å². The Morgan fingerprint density at radius 1 is 1.40 bits per heavy atom. The van der Waals surface area contributed by atoms with E-state index in [1.54, 1.807) is 11.9 Å². The molecule has 134 valence electrons. The molecule has 1 heterocycles. The highest BCUT2D eigenvalue weighted by Gasteiger charge is 2.36. The molecule has 1 aromatic carbocycles. The van der Waals surface area contributed by atoms with E-state index in [1.165, 1.54) is 0 Å². The molecule has 1 atom stereocenters. The molecular weight excluding hydrogens is 318 g/mol. The summed E-state index contributed by atoms with van der Waals surface area (Å²) in [4.78, 5) is 18.7. The number of hydrogen-bond donors (Lipinski definition) is 3. The summed E-state index contributed by atoms with van der Waals surface area (Å²) in [7, 11) is 1.80. The van der Waals surface area contributed by atoms with Gasteiger partial charge < -0.3 is 15.5 Å². The molecule has 2 aromatic rings. The fourth-order valence-electron chi connectivity index (χ4n) is 3.35. The SMILES string of the molecule is CN(CCO)CC(=O)NC(c1cnc2ccccc2c1)C1CC(O)C1. The van der Waals surface area contributed by atoms with Crippen LogP contribution in [-0.4, -0.2) is 58.9 Å². The summed E-state index contributed by atoms with van der Waals surface area (Å²) in [5, 5.41) is 22.8. The molecule has 6 heteroatoms. The van der Waals surface area contributed by atoms with Gasteiger partial charge in [-0.3, -0.25) is 14.7 Å². The minimum absolute atomic E-state index is 0.0244. The monoisotopic (exact) mass is 343 g/mol. The number of hydrogen-bond acceptors (Lipinski definition) is 5. The van der Waals surface area contributed by atoms with Crippen molar-refractivity contribution >= 4 is 16.8 Å². The Morgan fingerprint density at radius 2 is 2.16 bits per heavy atom. The number of nitrogens with one attached hydrogen (secondary N) is 1. The van der Waals surface area contributed by atoms with Gasteiger partial charge in [-0.1, -0.05) is 18.2 Å². The summed E-state index contributed by atoms with van der Waals surface area (Å²) in [5.41, 5.74) is 1.89. The Bertz CT molecular complexity index is 731. The number of aliphatic hydroxyl groups is 2. The third-order valence-electron chi connectivity index (χ3n) is 4.80. The molecule has 1 fully saturated rings. The van der Waals surface area contributed by atoms with Crippen molar-refractivity contribution in [1.82, 2.24) is 15.2 Å². The first-order valence-electron chi connectivity index (χ1n) is 8.68. The van der Waals surface area contributed by atoms with Gasteiger partial charge >= 0.3 is 0 Å². The minimum Gasteiger partial charge on any atom is -0.395 e. The van der Waals surface area contributed by atoms with Crippen LogP contribution in [0.25, 0.3) is 10.9 Å². The number of nitrogens with zero attached hydrogens (tertiary/aromatic N) is 2. The average molecular weight is 343 g/mol. The Hall–Kier alpha value is -2.02. The molecule has 1 unspecified atom stereocenters. The maximum absolute atomic E-state index is 12.4. The van der Waals surface area contributed by atoms with Crippen molar-refractivity contribution < 1.29 is 15.0 Å². The molecule has 0 aliphatic heterocycles. The first kappa shape index (κ1) is 17.8. The van der Waals surface area contributed by atoms with Crippen LogP contribution in [0.5, 0.6) is 0 Å². The fourth-order valence-corrected chi connectivity index (χ4v) is 3.35. The highest BCUT2D eigenvalue weighted by Crippen LogP contribution is 2.38. The van der Waals surface area contributed by atoms with Crippen molar-refractivity contribution in [3.8, 4) is 0 Å². The standard InChI is InChI=1S/C19H25N3O3/c1-22(6-7-23)12-18(25)21-19(14-9-16(24)10-14)15-8-13-4-2-3-5-17(13)20-11-15/h2-5,8,11,14,16,19,23-24H,6-7,9-10,12H2,1H3,(H,21,25). The lowest BCUT2D eigenvalue weighted by atomic mass is 9.75. The number of aliphatic hydroxyl groups excluding tert-OH is 2. The van der Waals surface area contributed by atoms with E-state index in [2.05, 4.69) is 16.4 Å². The molecule has 0 saturated heterocycles. The second kappa shape index (κ2) is 7.91. The summed E-state index contributed by atoms with van der Waals surface area (Å²) < 4.78 is 0. The molecule has 1 aromatic heterocycles. The van der Waals surface area contributed by atoms with Crippen LogP contribution in [0.15, 0.2) is 36.5 Å². The lowest BCUT2D eigenvalue weighted by Crippen LogP contribution is -2.44. The van der Waals surface area contributed by atoms with Crippen molar-refractivity contribution in [2.45, 2.75) is 25.0 Å². The van der Waals surface area contributed by atoms with Crippen molar-refractivity contribution in [2.24, 2.45) is 5.92 Å². The van der Waals surface area contributed by atoms with E-state index in [1.807, 2.05) is 30.5 Å². The fraction of sp³-hybridized carbons (Fsp3) is 0.474. The third-order valence-corrected chi connectivity index (χ3v) is 4.80. The summed E-state index contributed by atoms with van der Waals surface area (Å²) in [6, 6.07) is 9.80. The second-order valence-corrected chi connectivity index (χ2v) is 6.85. The highest BCUT2D eigenvalue weighted by molar-refractivity contribution is 5.80. The Labute approximate surface area is 147 Å². The van der Waals surface area contributed by atoms with Crippen LogP contribution in [0, 0.1) is 5.92 Å². The number of pyridine rings is 1. The van der Waals surface area contributed by atoms with Gasteiger partial charge in [-0.15, -0.1) is 0 Å². The number of carbonyl (C=O) groups is 1. The van der Waals surface area contributed by atoms with Gasteiger partial charge in [-0.05, 0) is 43.5 Å². The normalized spacial score (nSPS) is 21.1. The summed E-state index contributed by atoms with van der Waals surface area (Å²) in [6.07, 6.45) is 2.90. The van der Waals surface area contributed by atoms with E-state index in [-0.39, 0.29) is 37.1 Å². The van der Waals surface area contributed by atoms with E-state index in [9.17, 15) is 9.90 Å². The van der Waals surface area contributed by atoms with Crippen molar-refractivity contribution in [1.29, 1.82) is 0 Å². The molecular formula is C19H25N3O3. The lowest BCUT2D eigenvalue weighted by molar-refractivity contribution is -0.124. The summed E-state index contributed by atoms with van der Waals surface area (Å²) in [6.45, 7) is 0.710. The van der Waals surface area contributed by atoms with Crippen LogP contribution in [0.4, 0.5) is 0 Å². The molecule has 1 aliphatic rings. The third kappa shape index (κ3) is 4.34. The van der Waals surface area contributed by atoms with E-state index in [0.29, 0.717) is 19.4 Å². The largest absolute Gasteiger partial charge is 0.395 e. The number of benzene rings is 1. The van der Waals surface area contributed by atoms with E-state index in [0.717, 1.165) is 16.5 Å². The number of aromatic nitrogens is 1. The van der Waals surface area contributed by atoms with Gasteiger partial charge in [0.15, 0.2) is 0 Å². The Balaban J connectivity index is 1.77. The van der Waals surface area contributed by atoms with E-state index < -0.39 is 0 Å². The van der Waals surface area contributed by atoms with Gasteiger partial charge in [0.2, 0.25) is 5.91 Å². The van der Waals surface area contributed by atoms with Crippen molar-refractivity contribution in [2.75, 3.05) is 26.7 Å². The smallest absolute Gasteiger partial charge is 0.234 e. The Kier molecular flexibility index (Phi) is 5.63. The molecule has 1 saturated carbocycles. The van der Waals surface area contributed by atoms with Crippen LogP contribution in [0.1, 0.15) is 24.4 Å². The predicted octanol–water partition coefficient (Wildman–Crippen LogP) is 1.09. The molecule has 0 spiro atoms. The van der Waals surface area contributed by atoms with Gasteiger partial charge in [-0.25, -0.2) is 0 Å². The first-order chi connectivity index (χ1) is 12.1. The zero-order chi connectivity index (χ0) is 17.8. The van der Waals surface area contributed by atoms with Gasteiger partial charge in [0.25, 0.3) is 0 Å². The quantitative estimate of drug-likeness (QED) is 0.701. The van der Waals surface area contributed by atoms with Gasteiger partial charge in [0, 0.05) is 18.1 Å². The van der Waals surface area contributed by atoms with Gasteiger partial charge in [0.05, 0.1) is 30.8 Å². The van der Waals surface area contributed by atoms with Crippen LogP contribution in [-0.2, 0) is 4.79 Å². The maximum atomic E-state index is 12.4. The highest BCUT2D eigenvalue weighted by atomic mass is 16.3. The zero-order valence-corrected chi connectivity index (χ0v) is 14.4. The molecule has 1 aliphatic carbocycles. The van der Waals surface area contributed by atoms with E-state index >= 15 is 0 Å². The van der Waals surface area contributed by atoms with Crippen LogP contribution in [0.2, 0.25) is 0 Å². The van der Waals surface area contributed by atoms with Crippen LogP contribution < -0.4 is 5.32 Å².